The van der Waals surface area contributed by atoms with Crippen molar-refractivity contribution in [3.05, 3.63) is 0 Å². The third kappa shape index (κ3) is 2.94. The molecule has 1 atom stereocenters. The standard InChI is InChI=1S/C12H22N2O/c1-9(2)12(15)13-7-10-5-6-14(8-10)11-3-4-11/h9-11H,3-8H2,1-2H3,(H,13,15). The minimum atomic E-state index is 0.117. The van der Waals surface area contributed by atoms with Crippen LogP contribution in [-0.4, -0.2) is 36.5 Å². The van der Waals surface area contributed by atoms with Gasteiger partial charge in [-0.05, 0) is 31.7 Å². The summed E-state index contributed by atoms with van der Waals surface area (Å²) >= 11 is 0. The molecule has 1 N–H and O–H groups in total. The van der Waals surface area contributed by atoms with Gasteiger partial charge in [-0.15, -0.1) is 0 Å². The summed E-state index contributed by atoms with van der Waals surface area (Å²) in [6, 6.07) is 0.885. The number of rotatable bonds is 4. The van der Waals surface area contributed by atoms with E-state index in [1.165, 1.54) is 32.4 Å². The van der Waals surface area contributed by atoms with E-state index < -0.39 is 0 Å². The van der Waals surface area contributed by atoms with Gasteiger partial charge in [-0.3, -0.25) is 4.79 Å². The number of carbonyl (C=O) groups is 1. The van der Waals surface area contributed by atoms with E-state index >= 15 is 0 Å². The van der Waals surface area contributed by atoms with E-state index in [-0.39, 0.29) is 11.8 Å². The molecule has 3 nitrogen and oxygen atoms in total. The Hall–Kier alpha value is -0.570. The first-order valence-corrected chi connectivity index (χ1v) is 6.18. The number of amides is 1. The average Bonchev–Trinajstić information content (AvgIpc) is 2.95. The van der Waals surface area contributed by atoms with E-state index in [4.69, 9.17) is 0 Å². The second kappa shape index (κ2) is 4.52. The molecule has 1 aliphatic heterocycles. The molecule has 2 fully saturated rings. The van der Waals surface area contributed by atoms with Crippen molar-refractivity contribution in [2.75, 3.05) is 19.6 Å². The molecule has 15 heavy (non-hydrogen) atoms. The lowest BCUT2D eigenvalue weighted by atomic mass is 10.1. The van der Waals surface area contributed by atoms with Crippen LogP contribution < -0.4 is 5.32 Å². The molecule has 0 aromatic heterocycles. The van der Waals surface area contributed by atoms with Crippen molar-refractivity contribution < 1.29 is 4.79 Å². The second-order valence-corrected chi connectivity index (χ2v) is 5.28. The summed E-state index contributed by atoms with van der Waals surface area (Å²) in [4.78, 5) is 14.0. The van der Waals surface area contributed by atoms with Gasteiger partial charge >= 0.3 is 0 Å². The van der Waals surface area contributed by atoms with Gasteiger partial charge in [0.25, 0.3) is 0 Å². The smallest absolute Gasteiger partial charge is 0.222 e. The lowest BCUT2D eigenvalue weighted by Crippen LogP contribution is -2.33. The summed E-state index contributed by atoms with van der Waals surface area (Å²) in [6.45, 7) is 7.21. The van der Waals surface area contributed by atoms with E-state index in [1.807, 2.05) is 13.8 Å². The fourth-order valence-corrected chi connectivity index (χ4v) is 2.25. The first-order valence-electron chi connectivity index (χ1n) is 6.18. The van der Waals surface area contributed by atoms with Crippen molar-refractivity contribution in [1.82, 2.24) is 10.2 Å². The normalized spacial score (nSPS) is 27.3. The van der Waals surface area contributed by atoms with Crippen LogP contribution in [-0.2, 0) is 4.79 Å². The first kappa shape index (κ1) is 10.9. The summed E-state index contributed by atoms with van der Waals surface area (Å²) in [5, 5.41) is 3.04. The van der Waals surface area contributed by atoms with Gasteiger partial charge in [0.2, 0.25) is 5.91 Å². The molecular weight excluding hydrogens is 188 g/mol. The summed E-state index contributed by atoms with van der Waals surface area (Å²) in [5.41, 5.74) is 0. The Bertz CT molecular complexity index is 236. The Balaban J connectivity index is 1.66. The van der Waals surface area contributed by atoms with E-state index in [1.54, 1.807) is 0 Å². The topological polar surface area (TPSA) is 32.3 Å². The predicted octanol–water partition coefficient (Wildman–Crippen LogP) is 1.24. The van der Waals surface area contributed by atoms with Gasteiger partial charge in [0.1, 0.15) is 0 Å². The molecule has 2 aliphatic rings. The van der Waals surface area contributed by atoms with Gasteiger partial charge in [0, 0.05) is 25.0 Å². The van der Waals surface area contributed by atoms with Crippen LogP contribution in [0.3, 0.4) is 0 Å². The van der Waals surface area contributed by atoms with Gasteiger partial charge in [-0.1, -0.05) is 13.8 Å². The van der Waals surface area contributed by atoms with Crippen LogP contribution in [0, 0.1) is 11.8 Å². The number of carbonyl (C=O) groups excluding carboxylic acids is 1. The minimum absolute atomic E-state index is 0.117. The third-order valence-electron chi connectivity index (χ3n) is 3.47. The molecule has 1 saturated carbocycles. The van der Waals surface area contributed by atoms with Crippen molar-refractivity contribution in [2.45, 2.75) is 39.2 Å². The minimum Gasteiger partial charge on any atom is -0.356 e. The first-order chi connectivity index (χ1) is 7.16. The molecule has 1 saturated heterocycles. The zero-order chi connectivity index (χ0) is 10.8. The van der Waals surface area contributed by atoms with Crippen molar-refractivity contribution in [2.24, 2.45) is 11.8 Å². The number of nitrogens with one attached hydrogen (secondary N) is 1. The molecule has 0 aromatic rings. The Morgan fingerprint density at radius 2 is 2.13 bits per heavy atom. The Morgan fingerprint density at radius 1 is 1.40 bits per heavy atom. The Morgan fingerprint density at radius 3 is 2.73 bits per heavy atom. The van der Waals surface area contributed by atoms with Gasteiger partial charge in [-0.2, -0.15) is 0 Å². The molecule has 0 aromatic carbocycles. The largest absolute Gasteiger partial charge is 0.356 e. The lowest BCUT2D eigenvalue weighted by Gasteiger charge is -2.15. The highest BCUT2D eigenvalue weighted by molar-refractivity contribution is 5.77. The van der Waals surface area contributed by atoms with E-state index in [0.29, 0.717) is 5.92 Å². The second-order valence-electron chi connectivity index (χ2n) is 5.28. The summed E-state index contributed by atoms with van der Waals surface area (Å²) in [6.07, 6.45) is 4.05. The predicted molar refractivity (Wildman–Crippen MR) is 60.5 cm³/mol. The molecule has 2 rings (SSSR count). The monoisotopic (exact) mass is 210 g/mol. The van der Waals surface area contributed by atoms with Gasteiger partial charge < -0.3 is 10.2 Å². The molecule has 86 valence electrons. The zero-order valence-corrected chi connectivity index (χ0v) is 9.83. The quantitative estimate of drug-likeness (QED) is 0.757. The maximum Gasteiger partial charge on any atom is 0.222 e. The molecule has 1 aliphatic carbocycles. The van der Waals surface area contributed by atoms with Gasteiger partial charge in [-0.25, -0.2) is 0 Å². The maximum atomic E-state index is 11.4. The van der Waals surface area contributed by atoms with Crippen LogP contribution in [0.15, 0.2) is 0 Å². The fourth-order valence-electron chi connectivity index (χ4n) is 2.25. The van der Waals surface area contributed by atoms with Crippen LogP contribution in [0.4, 0.5) is 0 Å². The highest BCUT2D eigenvalue weighted by atomic mass is 16.1. The van der Waals surface area contributed by atoms with Crippen LogP contribution in [0.2, 0.25) is 0 Å². The SMILES string of the molecule is CC(C)C(=O)NCC1CCN(C2CC2)C1. The van der Waals surface area contributed by atoms with Gasteiger partial charge in [0.05, 0.1) is 0 Å². The summed E-state index contributed by atoms with van der Waals surface area (Å²) < 4.78 is 0. The number of nitrogens with zero attached hydrogens (tertiary/aromatic N) is 1. The van der Waals surface area contributed by atoms with Gasteiger partial charge in [0.15, 0.2) is 0 Å². The molecule has 1 heterocycles. The molecule has 0 bridgehead atoms. The highest BCUT2D eigenvalue weighted by Gasteiger charge is 2.34. The summed E-state index contributed by atoms with van der Waals surface area (Å²) in [7, 11) is 0. The molecule has 1 unspecified atom stereocenters. The van der Waals surface area contributed by atoms with E-state index in [0.717, 1.165) is 12.6 Å². The molecule has 0 radical (unpaired) electrons. The molecule has 0 spiro atoms. The third-order valence-corrected chi connectivity index (χ3v) is 3.47. The van der Waals surface area contributed by atoms with E-state index in [2.05, 4.69) is 10.2 Å². The number of hydrogen-bond acceptors (Lipinski definition) is 2. The van der Waals surface area contributed by atoms with Crippen molar-refractivity contribution in [1.29, 1.82) is 0 Å². The average molecular weight is 210 g/mol. The fraction of sp³-hybridized carbons (Fsp3) is 0.917. The van der Waals surface area contributed by atoms with Crippen LogP contribution in [0.1, 0.15) is 33.1 Å². The van der Waals surface area contributed by atoms with Crippen molar-refractivity contribution in [3.8, 4) is 0 Å². The van der Waals surface area contributed by atoms with Crippen LogP contribution >= 0.6 is 0 Å². The van der Waals surface area contributed by atoms with Crippen LogP contribution in [0.5, 0.6) is 0 Å². The Kier molecular flexibility index (Phi) is 3.29. The lowest BCUT2D eigenvalue weighted by molar-refractivity contribution is -0.124. The van der Waals surface area contributed by atoms with E-state index in [9.17, 15) is 4.79 Å². The molecular formula is C12H22N2O. The summed E-state index contributed by atoms with van der Waals surface area (Å²) in [5.74, 6) is 0.999. The number of hydrogen-bond donors (Lipinski definition) is 1. The van der Waals surface area contributed by atoms with Crippen LogP contribution in [0.25, 0.3) is 0 Å². The Labute approximate surface area is 92.2 Å². The molecule has 3 heteroatoms. The highest BCUT2D eigenvalue weighted by Crippen LogP contribution is 2.31. The molecule has 1 amide bonds. The maximum absolute atomic E-state index is 11.4. The van der Waals surface area contributed by atoms with Crippen molar-refractivity contribution in [3.63, 3.8) is 0 Å². The zero-order valence-electron chi connectivity index (χ0n) is 9.83. The number of likely N-dealkylation sites (tertiary alicyclic amines) is 1. The van der Waals surface area contributed by atoms with Crippen molar-refractivity contribution >= 4 is 5.91 Å².